The predicted octanol–water partition coefficient (Wildman–Crippen LogP) is 2.69. The third kappa shape index (κ3) is 2.43. The van der Waals surface area contributed by atoms with Crippen molar-refractivity contribution >= 4 is 0 Å². The Morgan fingerprint density at radius 1 is 1.44 bits per heavy atom. The topological polar surface area (TPSA) is 35.8 Å². The van der Waals surface area contributed by atoms with Crippen LogP contribution in [-0.2, 0) is 6.54 Å². The third-order valence-electron chi connectivity index (χ3n) is 3.56. The summed E-state index contributed by atoms with van der Waals surface area (Å²) in [5.74, 6) is 0.807. The second-order valence-electron chi connectivity index (χ2n) is 5.29. The molecule has 1 saturated carbocycles. The first-order valence-electron chi connectivity index (χ1n) is 5.82. The normalized spacial score (nSPS) is 21.4. The van der Waals surface area contributed by atoms with Crippen molar-refractivity contribution in [1.29, 1.82) is 5.26 Å². The molecule has 0 amide bonds. The lowest BCUT2D eigenvalue weighted by Crippen LogP contribution is -2.18. The highest BCUT2D eigenvalue weighted by molar-refractivity contribution is 5.37. The van der Waals surface area contributed by atoms with E-state index in [2.05, 4.69) is 25.2 Å². The minimum atomic E-state index is 0.530. The maximum absolute atomic E-state index is 8.94. The summed E-state index contributed by atoms with van der Waals surface area (Å²) in [5.41, 5.74) is 2.41. The number of hydrogen-bond donors (Lipinski definition) is 1. The van der Waals surface area contributed by atoms with Gasteiger partial charge in [0, 0.05) is 6.54 Å². The van der Waals surface area contributed by atoms with Crippen molar-refractivity contribution < 1.29 is 0 Å². The first-order valence-corrected chi connectivity index (χ1v) is 5.82. The molecular weight excluding hydrogens is 196 g/mol. The Labute approximate surface area is 97.3 Å². The van der Waals surface area contributed by atoms with E-state index in [9.17, 15) is 0 Å². The summed E-state index contributed by atoms with van der Waals surface area (Å²) in [6, 6.07) is 10.0. The van der Waals surface area contributed by atoms with E-state index < -0.39 is 0 Å². The standard InChI is InChI=1S/C14H18N2/c1-14(2)7-13(14)10-16-9-12-6-4-3-5-11(12)8-15/h3-6,13,16H,7,9-10H2,1-2H3. The van der Waals surface area contributed by atoms with Gasteiger partial charge < -0.3 is 5.32 Å². The molecule has 1 aromatic rings. The molecular formula is C14H18N2. The zero-order valence-electron chi connectivity index (χ0n) is 9.96. The summed E-state index contributed by atoms with van der Waals surface area (Å²) in [4.78, 5) is 0. The Kier molecular flexibility index (Phi) is 2.98. The smallest absolute Gasteiger partial charge is 0.0995 e. The number of benzene rings is 1. The minimum Gasteiger partial charge on any atom is -0.312 e. The SMILES string of the molecule is CC1(C)CC1CNCc1ccccc1C#N. The Bertz CT molecular complexity index is 415. The average Bonchev–Trinajstić information content (AvgIpc) is 2.87. The predicted molar refractivity (Wildman–Crippen MR) is 64.8 cm³/mol. The van der Waals surface area contributed by atoms with Crippen molar-refractivity contribution in [2.75, 3.05) is 6.54 Å². The van der Waals surface area contributed by atoms with Crippen molar-refractivity contribution in [2.45, 2.75) is 26.8 Å². The van der Waals surface area contributed by atoms with Crippen LogP contribution in [0.4, 0.5) is 0 Å². The molecule has 0 aromatic heterocycles. The van der Waals surface area contributed by atoms with Crippen molar-refractivity contribution in [3.8, 4) is 6.07 Å². The van der Waals surface area contributed by atoms with E-state index >= 15 is 0 Å². The fraction of sp³-hybridized carbons (Fsp3) is 0.500. The summed E-state index contributed by atoms with van der Waals surface area (Å²) >= 11 is 0. The molecule has 0 radical (unpaired) electrons. The molecule has 2 heteroatoms. The van der Waals surface area contributed by atoms with E-state index in [0.29, 0.717) is 5.41 Å². The maximum Gasteiger partial charge on any atom is 0.0995 e. The second-order valence-corrected chi connectivity index (χ2v) is 5.29. The van der Waals surface area contributed by atoms with E-state index in [0.717, 1.165) is 30.1 Å². The van der Waals surface area contributed by atoms with Gasteiger partial charge in [0.25, 0.3) is 0 Å². The zero-order chi connectivity index (χ0) is 11.6. The number of rotatable bonds is 4. The number of nitrogens with zero attached hydrogens (tertiary/aromatic N) is 1. The first kappa shape index (κ1) is 11.2. The van der Waals surface area contributed by atoms with E-state index in [4.69, 9.17) is 5.26 Å². The Balaban J connectivity index is 1.84. The molecule has 1 fully saturated rings. The van der Waals surface area contributed by atoms with Crippen molar-refractivity contribution in [3.05, 3.63) is 35.4 Å². The molecule has 2 rings (SSSR count). The lowest BCUT2D eigenvalue weighted by Gasteiger charge is -2.07. The molecule has 1 atom stereocenters. The summed E-state index contributed by atoms with van der Waals surface area (Å²) in [6.45, 7) is 6.48. The molecule has 0 heterocycles. The molecule has 1 unspecified atom stereocenters. The molecule has 2 nitrogen and oxygen atoms in total. The van der Waals surface area contributed by atoms with Crippen molar-refractivity contribution in [1.82, 2.24) is 5.32 Å². The molecule has 0 spiro atoms. The van der Waals surface area contributed by atoms with Crippen LogP contribution in [0.1, 0.15) is 31.4 Å². The van der Waals surface area contributed by atoms with Crippen LogP contribution < -0.4 is 5.32 Å². The Morgan fingerprint density at radius 3 is 2.75 bits per heavy atom. The fourth-order valence-corrected chi connectivity index (χ4v) is 2.09. The lowest BCUT2D eigenvalue weighted by atomic mass is 10.1. The third-order valence-corrected chi connectivity index (χ3v) is 3.56. The van der Waals surface area contributed by atoms with E-state index in [1.807, 2.05) is 24.3 Å². The second kappa shape index (κ2) is 4.27. The van der Waals surface area contributed by atoms with Gasteiger partial charge in [-0.05, 0) is 35.9 Å². The van der Waals surface area contributed by atoms with E-state index in [1.165, 1.54) is 6.42 Å². The van der Waals surface area contributed by atoms with Crippen molar-refractivity contribution in [2.24, 2.45) is 11.3 Å². The Hall–Kier alpha value is -1.33. The highest BCUT2D eigenvalue weighted by Gasteiger charge is 2.44. The summed E-state index contributed by atoms with van der Waals surface area (Å²) in [5, 5.41) is 12.4. The average molecular weight is 214 g/mol. The zero-order valence-corrected chi connectivity index (χ0v) is 9.96. The molecule has 16 heavy (non-hydrogen) atoms. The van der Waals surface area contributed by atoms with Crippen LogP contribution >= 0.6 is 0 Å². The van der Waals surface area contributed by atoms with Gasteiger partial charge in [0.15, 0.2) is 0 Å². The van der Waals surface area contributed by atoms with Gasteiger partial charge in [0.05, 0.1) is 11.6 Å². The number of nitrogens with one attached hydrogen (secondary N) is 1. The van der Waals surface area contributed by atoms with Crippen LogP contribution in [-0.4, -0.2) is 6.54 Å². The molecule has 0 saturated heterocycles. The fourth-order valence-electron chi connectivity index (χ4n) is 2.09. The van der Waals surface area contributed by atoms with Gasteiger partial charge in [-0.25, -0.2) is 0 Å². The van der Waals surface area contributed by atoms with Gasteiger partial charge in [-0.3, -0.25) is 0 Å². The van der Waals surface area contributed by atoms with Gasteiger partial charge in [-0.1, -0.05) is 32.0 Å². The summed E-state index contributed by atoms with van der Waals surface area (Å²) in [6.07, 6.45) is 1.32. The lowest BCUT2D eigenvalue weighted by molar-refractivity contribution is 0.519. The molecule has 1 aliphatic rings. The van der Waals surface area contributed by atoms with Gasteiger partial charge in [-0.15, -0.1) is 0 Å². The Morgan fingerprint density at radius 2 is 2.12 bits per heavy atom. The molecule has 1 N–H and O–H groups in total. The molecule has 1 aliphatic carbocycles. The maximum atomic E-state index is 8.94. The molecule has 84 valence electrons. The molecule has 1 aromatic carbocycles. The summed E-state index contributed by atoms with van der Waals surface area (Å²) < 4.78 is 0. The number of hydrogen-bond acceptors (Lipinski definition) is 2. The number of nitriles is 1. The van der Waals surface area contributed by atoms with Crippen molar-refractivity contribution in [3.63, 3.8) is 0 Å². The van der Waals surface area contributed by atoms with Crippen LogP contribution in [0.25, 0.3) is 0 Å². The highest BCUT2D eigenvalue weighted by atomic mass is 14.9. The van der Waals surface area contributed by atoms with Gasteiger partial charge in [-0.2, -0.15) is 5.26 Å². The van der Waals surface area contributed by atoms with Gasteiger partial charge in [0.1, 0.15) is 0 Å². The van der Waals surface area contributed by atoms with Crippen LogP contribution in [0.15, 0.2) is 24.3 Å². The van der Waals surface area contributed by atoms with Crippen LogP contribution in [0.5, 0.6) is 0 Å². The first-order chi connectivity index (χ1) is 7.63. The molecule has 0 aliphatic heterocycles. The van der Waals surface area contributed by atoms with Gasteiger partial charge >= 0.3 is 0 Å². The highest BCUT2D eigenvalue weighted by Crippen LogP contribution is 2.50. The largest absolute Gasteiger partial charge is 0.312 e. The monoisotopic (exact) mass is 214 g/mol. The van der Waals surface area contributed by atoms with Crippen LogP contribution in [0, 0.1) is 22.7 Å². The van der Waals surface area contributed by atoms with Crippen LogP contribution in [0.2, 0.25) is 0 Å². The minimum absolute atomic E-state index is 0.530. The molecule has 0 bridgehead atoms. The van der Waals surface area contributed by atoms with Gasteiger partial charge in [0.2, 0.25) is 0 Å². The van der Waals surface area contributed by atoms with E-state index in [-0.39, 0.29) is 0 Å². The van der Waals surface area contributed by atoms with Crippen LogP contribution in [0.3, 0.4) is 0 Å². The quantitative estimate of drug-likeness (QED) is 0.836. The summed E-state index contributed by atoms with van der Waals surface area (Å²) in [7, 11) is 0. The van der Waals surface area contributed by atoms with E-state index in [1.54, 1.807) is 0 Å².